The lowest BCUT2D eigenvalue weighted by Gasteiger charge is -1.94. The Labute approximate surface area is 99.8 Å². The molecule has 0 aliphatic rings. The van der Waals surface area contributed by atoms with E-state index in [4.69, 9.17) is 0 Å². The Morgan fingerprint density at radius 2 is 1.65 bits per heavy atom. The second-order valence-corrected chi connectivity index (χ2v) is 3.68. The third-order valence-electron chi connectivity index (χ3n) is 1.75. The van der Waals surface area contributed by atoms with E-state index in [1.807, 2.05) is 29.9 Å². The quantitative estimate of drug-likeness (QED) is 0.439. The van der Waals surface area contributed by atoms with E-state index in [9.17, 15) is 17.3 Å². The van der Waals surface area contributed by atoms with Gasteiger partial charge in [-0.05, 0) is 12.1 Å². The van der Waals surface area contributed by atoms with Gasteiger partial charge >= 0.3 is 7.25 Å². The van der Waals surface area contributed by atoms with Crippen LogP contribution in [0, 0.1) is 0 Å². The van der Waals surface area contributed by atoms with E-state index < -0.39 is 7.25 Å². The minimum Gasteiger partial charge on any atom is -0.418 e. The number of aryl methyl sites for hydroxylation is 1. The van der Waals surface area contributed by atoms with Gasteiger partial charge in [-0.2, -0.15) is 0 Å². The fourth-order valence-corrected chi connectivity index (χ4v) is 1.79. The summed E-state index contributed by atoms with van der Waals surface area (Å²) in [7, 11) is -4.04. The second-order valence-electron chi connectivity index (χ2n) is 3.07. The Kier molecular flexibility index (Phi) is 4.62. The molecule has 0 aliphatic heterocycles. The summed E-state index contributed by atoms with van der Waals surface area (Å²) in [5.41, 5.74) is 2.38. The van der Waals surface area contributed by atoms with Crippen molar-refractivity contribution in [1.29, 1.82) is 0 Å². The topological polar surface area (TPSA) is 16.8 Å². The molecule has 0 spiro atoms. The predicted octanol–water partition coefficient (Wildman–Crippen LogP) is 2.93. The van der Waals surface area contributed by atoms with Gasteiger partial charge in [0, 0.05) is 17.1 Å². The molecule has 2 rings (SSSR count). The van der Waals surface area contributed by atoms with Gasteiger partial charge < -0.3 is 17.3 Å². The first kappa shape index (κ1) is 13.6. The van der Waals surface area contributed by atoms with E-state index in [-0.39, 0.29) is 0 Å². The van der Waals surface area contributed by atoms with Crippen molar-refractivity contribution in [3.05, 3.63) is 35.7 Å². The average Bonchev–Trinajstić information content (AvgIpc) is 2.63. The summed E-state index contributed by atoms with van der Waals surface area (Å²) in [6, 6.07) is 10.3. The molecule has 1 heterocycles. The van der Waals surface area contributed by atoms with Crippen LogP contribution in [0.4, 0.5) is 17.3 Å². The number of hydrogen-bond donors (Lipinski definition) is 0. The highest BCUT2D eigenvalue weighted by Gasteiger charge is 2.20. The summed E-state index contributed by atoms with van der Waals surface area (Å²) in [4.78, 5) is 0. The first-order chi connectivity index (χ1) is 7.88. The Hall–Kier alpha value is -1.44. The highest BCUT2D eigenvalue weighted by molar-refractivity contribution is 7.03. The summed E-state index contributed by atoms with van der Waals surface area (Å²) in [6.07, 6.45) is 0. The van der Waals surface area contributed by atoms with Crippen molar-refractivity contribution >= 4 is 18.8 Å². The van der Waals surface area contributed by atoms with Crippen molar-refractivity contribution in [2.75, 3.05) is 0 Å². The van der Waals surface area contributed by atoms with Gasteiger partial charge in [-0.1, -0.05) is 22.9 Å². The Balaban J connectivity index is 0.000000249. The number of rotatable bonds is 1. The molecular formula is C9H9BF4N2S. The smallest absolute Gasteiger partial charge is 0.418 e. The molecule has 0 unspecified atom stereocenters. The second kappa shape index (κ2) is 5.76. The van der Waals surface area contributed by atoms with E-state index in [0.717, 1.165) is 0 Å². The highest BCUT2D eigenvalue weighted by Crippen LogP contribution is 2.14. The minimum absolute atomic E-state index is 1.17. The summed E-state index contributed by atoms with van der Waals surface area (Å²) in [6.45, 7) is 0. The van der Waals surface area contributed by atoms with Gasteiger partial charge in [-0.25, -0.2) is 0 Å². The molecule has 2 aromatic rings. The number of aromatic nitrogens is 2. The van der Waals surface area contributed by atoms with Crippen LogP contribution < -0.4 is 4.68 Å². The van der Waals surface area contributed by atoms with E-state index >= 15 is 0 Å². The molecule has 17 heavy (non-hydrogen) atoms. The minimum atomic E-state index is -6.00. The van der Waals surface area contributed by atoms with Crippen LogP contribution in [-0.4, -0.2) is 11.7 Å². The van der Waals surface area contributed by atoms with E-state index in [0.29, 0.717) is 0 Å². The fraction of sp³-hybridized carbons (Fsp3) is 0.111. The van der Waals surface area contributed by atoms with Crippen molar-refractivity contribution in [3.63, 3.8) is 0 Å². The normalized spacial score (nSPS) is 10.6. The molecule has 0 bridgehead atoms. The van der Waals surface area contributed by atoms with Crippen LogP contribution in [0.1, 0.15) is 0 Å². The maximum absolute atomic E-state index is 9.75. The first-order valence-corrected chi connectivity index (χ1v) is 5.45. The van der Waals surface area contributed by atoms with Crippen molar-refractivity contribution in [1.82, 2.24) is 4.49 Å². The number of benzene rings is 1. The van der Waals surface area contributed by atoms with E-state index in [2.05, 4.69) is 22.0 Å². The number of hydrogen-bond acceptors (Lipinski definition) is 2. The van der Waals surface area contributed by atoms with Crippen LogP contribution in [0.15, 0.2) is 35.7 Å². The molecule has 0 saturated heterocycles. The molecule has 0 amide bonds. The van der Waals surface area contributed by atoms with Crippen LogP contribution >= 0.6 is 11.5 Å². The Bertz CT molecular complexity index is 452. The molecular weight excluding hydrogens is 255 g/mol. The average molecular weight is 264 g/mol. The van der Waals surface area contributed by atoms with Crippen molar-refractivity contribution < 1.29 is 21.9 Å². The molecule has 1 aromatic heterocycles. The molecule has 0 N–H and O–H groups in total. The van der Waals surface area contributed by atoms with Crippen LogP contribution in [0.25, 0.3) is 11.3 Å². The van der Waals surface area contributed by atoms with Crippen LogP contribution in [-0.2, 0) is 7.05 Å². The lowest BCUT2D eigenvalue weighted by molar-refractivity contribution is -0.712. The van der Waals surface area contributed by atoms with Gasteiger partial charge in [0.1, 0.15) is 0 Å². The van der Waals surface area contributed by atoms with Crippen molar-refractivity contribution in [3.8, 4) is 11.3 Å². The molecule has 0 radical (unpaired) electrons. The first-order valence-electron chi connectivity index (χ1n) is 4.61. The molecule has 8 heteroatoms. The van der Waals surface area contributed by atoms with Crippen molar-refractivity contribution in [2.24, 2.45) is 7.05 Å². The fourth-order valence-electron chi connectivity index (χ4n) is 1.13. The zero-order valence-electron chi connectivity index (χ0n) is 8.86. The predicted molar refractivity (Wildman–Crippen MR) is 58.9 cm³/mol. The summed E-state index contributed by atoms with van der Waals surface area (Å²) in [5.74, 6) is 0. The maximum atomic E-state index is 9.75. The van der Waals surface area contributed by atoms with Crippen LogP contribution in [0.5, 0.6) is 0 Å². The van der Waals surface area contributed by atoms with Gasteiger partial charge in [-0.3, -0.25) is 0 Å². The Morgan fingerprint density at radius 1 is 1.12 bits per heavy atom. The van der Waals surface area contributed by atoms with Gasteiger partial charge in [0.25, 0.3) is 5.69 Å². The SMILES string of the molecule is C[n+]1nscc1-c1ccccc1.F[B-](F)(F)F. The monoisotopic (exact) mass is 264 g/mol. The molecule has 0 fully saturated rings. The van der Waals surface area contributed by atoms with Gasteiger partial charge in [0.05, 0.1) is 9.87 Å². The third kappa shape index (κ3) is 5.44. The van der Waals surface area contributed by atoms with Gasteiger partial charge in [-0.15, -0.1) is 0 Å². The molecule has 1 aromatic carbocycles. The Morgan fingerprint density at radius 3 is 2.06 bits per heavy atom. The van der Waals surface area contributed by atoms with E-state index in [1.54, 1.807) is 0 Å². The largest absolute Gasteiger partial charge is 0.673 e. The lowest BCUT2D eigenvalue weighted by atomic mass is 10.2. The molecule has 0 atom stereocenters. The zero-order chi connectivity index (χ0) is 12.9. The summed E-state index contributed by atoms with van der Waals surface area (Å²) >= 11 is 1.47. The van der Waals surface area contributed by atoms with Gasteiger partial charge in [0.2, 0.25) is 0 Å². The molecule has 0 saturated carbocycles. The molecule has 92 valence electrons. The third-order valence-corrected chi connectivity index (χ3v) is 2.42. The molecule has 0 aliphatic carbocycles. The highest BCUT2D eigenvalue weighted by atomic mass is 32.1. The van der Waals surface area contributed by atoms with E-state index in [1.165, 1.54) is 22.8 Å². The zero-order valence-corrected chi connectivity index (χ0v) is 9.67. The van der Waals surface area contributed by atoms with Gasteiger partial charge in [0.15, 0.2) is 7.05 Å². The maximum Gasteiger partial charge on any atom is 0.673 e. The van der Waals surface area contributed by atoms with Crippen LogP contribution in [0.2, 0.25) is 0 Å². The van der Waals surface area contributed by atoms with Crippen molar-refractivity contribution in [2.45, 2.75) is 0 Å². The summed E-state index contributed by atoms with van der Waals surface area (Å²) in [5, 5.41) is 2.05. The summed E-state index contributed by atoms with van der Waals surface area (Å²) < 4.78 is 45.0. The lowest BCUT2D eigenvalue weighted by Crippen LogP contribution is -2.31. The standard InChI is InChI=1S/C9H9N2S.BF4/c1-11-9(7-12-10-11)8-5-3-2-4-6-8;2-1(3,4)5/h2-7H,1H3;/q+1;-1. The number of halogens is 4. The number of nitrogens with zero attached hydrogens (tertiary/aromatic N) is 2. The van der Waals surface area contributed by atoms with Crippen LogP contribution in [0.3, 0.4) is 0 Å². The molecule has 2 nitrogen and oxygen atoms in total.